The monoisotopic (exact) mass is 476 g/mol. The maximum atomic E-state index is 12.7. The number of aromatic hydroxyl groups is 1. The van der Waals surface area contributed by atoms with Crippen molar-refractivity contribution in [3.05, 3.63) is 137 Å². The van der Waals surface area contributed by atoms with Crippen molar-refractivity contribution in [2.75, 3.05) is 0 Å². The zero-order valence-electron chi connectivity index (χ0n) is 21.5. The van der Waals surface area contributed by atoms with Gasteiger partial charge in [0.15, 0.2) is 5.78 Å². The number of benzene rings is 3. The standard InChI is InChI=1S/C34H36O2/c1-24(32-21-20-31(23-34(32)36)26(3)28-15-8-5-9-16-28)12-10-11-17-29-18-19-30(22-33(29)35)25(2)27-13-6-4-7-14-27/h4-9,13-26,36H,10-12H2,1-3H3. The van der Waals surface area contributed by atoms with Gasteiger partial charge in [0.05, 0.1) is 0 Å². The third kappa shape index (κ3) is 6.12. The number of hydrogen-bond donors (Lipinski definition) is 1. The van der Waals surface area contributed by atoms with E-state index in [1.54, 1.807) is 6.08 Å². The summed E-state index contributed by atoms with van der Waals surface area (Å²) >= 11 is 0. The first-order valence-corrected chi connectivity index (χ1v) is 13.0. The van der Waals surface area contributed by atoms with Gasteiger partial charge in [0.2, 0.25) is 0 Å². The quantitative estimate of drug-likeness (QED) is 0.248. The number of unbranched alkanes of at least 4 members (excludes halogenated alkanes) is 1. The number of carbonyl (C=O) groups excluding carboxylic acids is 1. The molecule has 2 nitrogen and oxygen atoms in total. The molecule has 0 saturated heterocycles. The molecular weight excluding hydrogens is 440 g/mol. The van der Waals surface area contributed by atoms with Gasteiger partial charge in [0.25, 0.3) is 0 Å². The van der Waals surface area contributed by atoms with Crippen LogP contribution >= 0.6 is 0 Å². The van der Waals surface area contributed by atoms with Gasteiger partial charge >= 0.3 is 0 Å². The van der Waals surface area contributed by atoms with E-state index in [2.05, 4.69) is 81.5 Å². The van der Waals surface area contributed by atoms with Gasteiger partial charge in [-0.25, -0.2) is 0 Å². The zero-order valence-corrected chi connectivity index (χ0v) is 21.5. The molecule has 0 saturated carbocycles. The number of phenols is 1. The molecule has 0 aliphatic heterocycles. The van der Waals surface area contributed by atoms with Crippen molar-refractivity contribution in [3.8, 4) is 5.75 Å². The largest absolute Gasteiger partial charge is 0.508 e. The fraction of sp³-hybridized carbons (Fsp3) is 0.265. The third-order valence-electron chi connectivity index (χ3n) is 7.43. The number of hydrogen-bond acceptors (Lipinski definition) is 2. The molecule has 3 atom stereocenters. The molecule has 0 aromatic heterocycles. The molecule has 0 radical (unpaired) electrons. The second-order valence-electron chi connectivity index (χ2n) is 9.92. The van der Waals surface area contributed by atoms with E-state index >= 15 is 0 Å². The Morgan fingerprint density at radius 3 is 2.03 bits per heavy atom. The Morgan fingerprint density at radius 1 is 0.778 bits per heavy atom. The van der Waals surface area contributed by atoms with Gasteiger partial charge in [-0.15, -0.1) is 0 Å². The van der Waals surface area contributed by atoms with Gasteiger partial charge in [-0.05, 0) is 65.1 Å². The number of ketones is 1. The van der Waals surface area contributed by atoms with Crippen LogP contribution in [0.25, 0.3) is 0 Å². The molecule has 1 aliphatic rings. The Morgan fingerprint density at radius 2 is 1.42 bits per heavy atom. The second-order valence-corrected chi connectivity index (χ2v) is 9.92. The summed E-state index contributed by atoms with van der Waals surface area (Å²) in [4.78, 5) is 12.7. The molecule has 0 bridgehead atoms. The van der Waals surface area contributed by atoms with Crippen LogP contribution in [0.5, 0.6) is 5.75 Å². The van der Waals surface area contributed by atoms with E-state index < -0.39 is 0 Å². The summed E-state index contributed by atoms with van der Waals surface area (Å²) in [5.41, 5.74) is 6.40. The van der Waals surface area contributed by atoms with Gasteiger partial charge in [0.1, 0.15) is 5.75 Å². The molecule has 1 aliphatic carbocycles. The van der Waals surface area contributed by atoms with Gasteiger partial charge in [-0.1, -0.05) is 112 Å². The van der Waals surface area contributed by atoms with Crippen LogP contribution in [0.15, 0.2) is 114 Å². The van der Waals surface area contributed by atoms with E-state index in [9.17, 15) is 9.90 Å². The molecule has 3 unspecified atom stereocenters. The van der Waals surface area contributed by atoms with Gasteiger partial charge < -0.3 is 5.11 Å². The summed E-state index contributed by atoms with van der Waals surface area (Å²) in [5.74, 6) is 1.14. The Kier molecular flexibility index (Phi) is 8.38. The van der Waals surface area contributed by atoms with Crippen molar-refractivity contribution in [2.45, 2.75) is 57.8 Å². The minimum atomic E-state index is 0.0871. The lowest BCUT2D eigenvalue weighted by atomic mass is 9.87. The lowest BCUT2D eigenvalue weighted by molar-refractivity contribution is -0.111. The van der Waals surface area contributed by atoms with Crippen LogP contribution in [0.2, 0.25) is 0 Å². The molecular formula is C34H36O2. The summed E-state index contributed by atoms with van der Waals surface area (Å²) in [6, 6.07) is 26.8. The fourth-order valence-electron chi connectivity index (χ4n) is 4.94. The van der Waals surface area contributed by atoms with Crippen LogP contribution in [0.3, 0.4) is 0 Å². The van der Waals surface area contributed by atoms with Crippen molar-refractivity contribution in [2.24, 2.45) is 0 Å². The lowest BCUT2D eigenvalue weighted by Gasteiger charge is -2.18. The zero-order chi connectivity index (χ0) is 25.5. The first-order chi connectivity index (χ1) is 17.4. The van der Waals surface area contributed by atoms with Gasteiger partial charge in [-0.2, -0.15) is 0 Å². The van der Waals surface area contributed by atoms with E-state index in [0.29, 0.717) is 5.75 Å². The van der Waals surface area contributed by atoms with Crippen LogP contribution in [-0.4, -0.2) is 10.9 Å². The molecule has 184 valence electrons. The average Bonchev–Trinajstić information content (AvgIpc) is 2.91. The summed E-state index contributed by atoms with van der Waals surface area (Å²) < 4.78 is 0. The summed E-state index contributed by atoms with van der Waals surface area (Å²) in [6.07, 6.45) is 10.6. The second kappa shape index (κ2) is 11.9. The van der Waals surface area contributed by atoms with E-state index in [0.717, 1.165) is 41.5 Å². The molecule has 2 heteroatoms. The highest BCUT2D eigenvalue weighted by Gasteiger charge is 2.17. The van der Waals surface area contributed by atoms with E-state index in [-0.39, 0.29) is 23.5 Å². The van der Waals surface area contributed by atoms with Crippen LogP contribution < -0.4 is 0 Å². The van der Waals surface area contributed by atoms with Crippen molar-refractivity contribution in [1.82, 2.24) is 0 Å². The van der Waals surface area contributed by atoms with Crippen LogP contribution in [0.1, 0.15) is 80.0 Å². The summed E-state index contributed by atoms with van der Waals surface area (Å²) in [7, 11) is 0. The maximum absolute atomic E-state index is 12.7. The molecule has 3 aromatic carbocycles. The maximum Gasteiger partial charge on any atom is 0.185 e. The van der Waals surface area contributed by atoms with Crippen LogP contribution in [-0.2, 0) is 4.79 Å². The highest BCUT2D eigenvalue weighted by atomic mass is 16.3. The van der Waals surface area contributed by atoms with Crippen molar-refractivity contribution in [3.63, 3.8) is 0 Å². The molecule has 0 spiro atoms. The van der Waals surface area contributed by atoms with Gasteiger partial charge in [-0.3, -0.25) is 4.79 Å². The predicted molar refractivity (Wildman–Crippen MR) is 150 cm³/mol. The van der Waals surface area contributed by atoms with E-state index in [1.165, 1.54) is 11.1 Å². The Balaban J connectivity index is 1.30. The summed E-state index contributed by atoms with van der Waals surface area (Å²) in [5, 5.41) is 10.7. The minimum Gasteiger partial charge on any atom is -0.508 e. The first-order valence-electron chi connectivity index (χ1n) is 13.0. The normalized spacial score (nSPS) is 17.0. The molecule has 0 heterocycles. The van der Waals surface area contributed by atoms with Crippen LogP contribution in [0.4, 0.5) is 0 Å². The van der Waals surface area contributed by atoms with Crippen LogP contribution in [0, 0.1) is 0 Å². The first kappa shape index (κ1) is 25.4. The smallest absolute Gasteiger partial charge is 0.185 e. The third-order valence-corrected chi connectivity index (χ3v) is 7.43. The Labute approximate surface area is 215 Å². The Bertz CT molecular complexity index is 1270. The van der Waals surface area contributed by atoms with Crippen molar-refractivity contribution >= 4 is 5.78 Å². The molecule has 0 amide bonds. The molecule has 4 rings (SSSR count). The highest BCUT2D eigenvalue weighted by molar-refractivity contribution is 6.08. The van der Waals surface area contributed by atoms with Crippen molar-refractivity contribution < 1.29 is 9.90 Å². The van der Waals surface area contributed by atoms with E-state index in [1.807, 2.05) is 36.4 Å². The topological polar surface area (TPSA) is 37.3 Å². The number of carbonyl (C=O) groups is 1. The molecule has 3 aromatic rings. The predicted octanol–water partition coefficient (Wildman–Crippen LogP) is 8.61. The van der Waals surface area contributed by atoms with Gasteiger partial charge in [0, 0.05) is 17.4 Å². The number of phenolic OH excluding ortho intramolecular Hbond substituents is 1. The number of allylic oxidation sites excluding steroid dienone is 6. The fourth-order valence-corrected chi connectivity index (χ4v) is 4.94. The van der Waals surface area contributed by atoms with Crippen molar-refractivity contribution in [1.29, 1.82) is 0 Å². The molecule has 1 N–H and O–H groups in total. The average molecular weight is 477 g/mol. The molecule has 0 fully saturated rings. The Hall–Kier alpha value is -3.65. The summed E-state index contributed by atoms with van der Waals surface area (Å²) in [6.45, 7) is 6.47. The number of rotatable bonds is 9. The van der Waals surface area contributed by atoms with E-state index in [4.69, 9.17) is 0 Å². The molecule has 36 heavy (non-hydrogen) atoms. The SMILES string of the molecule is CC(CCCC=C1C=CC(C(C)c2ccccc2)=CC1=O)c1ccc(C(C)c2ccccc2)cc1O. The lowest BCUT2D eigenvalue weighted by Crippen LogP contribution is -2.06. The highest BCUT2D eigenvalue weighted by Crippen LogP contribution is 2.34. The minimum absolute atomic E-state index is 0.0871.